The van der Waals surface area contributed by atoms with E-state index in [0.717, 1.165) is 12.8 Å². The van der Waals surface area contributed by atoms with Crippen LogP contribution in [0.3, 0.4) is 0 Å². The fourth-order valence-corrected chi connectivity index (χ4v) is 3.75. The second-order valence-corrected chi connectivity index (χ2v) is 7.69. The van der Waals surface area contributed by atoms with E-state index in [1.165, 1.54) is 4.90 Å². The van der Waals surface area contributed by atoms with E-state index >= 15 is 0 Å². The van der Waals surface area contributed by atoms with Crippen LogP contribution in [0.5, 0.6) is 0 Å². The van der Waals surface area contributed by atoms with Crippen LogP contribution in [0.4, 0.5) is 0 Å². The average molecular weight is 250 g/mol. The van der Waals surface area contributed by atoms with Crippen LogP contribution in [0, 0.1) is 5.41 Å². The smallest absolute Gasteiger partial charge is 0.0817 e. The first-order valence-corrected chi connectivity index (χ1v) is 7.07. The Hall–Kier alpha value is -0.470. The zero-order valence-electron chi connectivity index (χ0n) is 11.2. The molecule has 17 heavy (non-hydrogen) atoms. The Morgan fingerprint density at radius 2 is 1.59 bits per heavy atom. The molecule has 2 rings (SSSR count). The first-order chi connectivity index (χ1) is 7.79. The standard InChI is InChI=1S/C15H22OS/c1-13(2,3)14(4,16)15(10-11-15)17-12-8-6-5-7-9-12/h5-9,16H,10-11H2,1-4H3. The minimum absolute atomic E-state index is 0.00655. The lowest BCUT2D eigenvalue weighted by molar-refractivity contribution is -0.0491. The topological polar surface area (TPSA) is 20.2 Å². The number of thioether (sulfide) groups is 1. The van der Waals surface area contributed by atoms with E-state index in [1.54, 1.807) is 0 Å². The van der Waals surface area contributed by atoms with Crippen molar-refractivity contribution in [1.29, 1.82) is 0 Å². The molecule has 0 radical (unpaired) electrons. The summed E-state index contributed by atoms with van der Waals surface area (Å²) >= 11 is 1.84. The lowest BCUT2D eigenvalue weighted by atomic mass is 9.74. The van der Waals surface area contributed by atoms with Gasteiger partial charge in [0.2, 0.25) is 0 Å². The van der Waals surface area contributed by atoms with Crippen molar-refractivity contribution in [3.63, 3.8) is 0 Å². The molecule has 1 nitrogen and oxygen atoms in total. The Labute approximate surface area is 109 Å². The van der Waals surface area contributed by atoms with Crippen LogP contribution >= 0.6 is 11.8 Å². The van der Waals surface area contributed by atoms with Gasteiger partial charge in [-0.2, -0.15) is 0 Å². The summed E-state index contributed by atoms with van der Waals surface area (Å²) in [5.74, 6) is 0. The molecule has 0 aromatic heterocycles. The fraction of sp³-hybridized carbons (Fsp3) is 0.600. The van der Waals surface area contributed by atoms with Crippen molar-refractivity contribution in [2.24, 2.45) is 5.41 Å². The van der Waals surface area contributed by atoms with E-state index in [4.69, 9.17) is 0 Å². The minimum Gasteiger partial charge on any atom is -0.388 e. The van der Waals surface area contributed by atoms with E-state index in [0.29, 0.717) is 0 Å². The van der Waals surface area contributed by atoms with Crippen molar-refractivity contribution in [2.75, 3.05) is 0 Å². The van der Waals surface area contributed by atoms with Crippen molar-refractivity contribution in [2.45, 2.75) is 55.8 Å². The first kappa shape index (κ1) is 13.0. The Bertz CT molecular complexity index is 385. The third-order valence-corrected chi connectivity index (χ3v) is 5.81. The minimum atomic E-state index is -0.638. The molecule has 94 valence electrons. The van der Waals surface area contributed by atoms with E-state index in [1.807, 2.05) is 24.8 Å². The van der Waals surface area contributed by atoms with Crippen molar-refractivity contribution >= 4 is 11.8 Å². The zero-order valence-corrected chi connectivity index (χ0v) is 12.0. The van der Waals surface area contributed by atoms with Crippen molar-refractivity contribution < 1.29 is 5.11 Å². The van der Waals surface area contributed by atoms with Gasteiger partial charge in [0.15, 0.2) is 0 Å². The normalized spacial score (nSPS) is 21.9. The van der Waals surface area contributed by atoms with Gasteiger partial charge in [-0.3, -0.25) is 0 Å². The van der Waals surface area contributed by atoms with E-state index in [9.17, 15) is 5.11 Å². The molecule has 2 heteroatoms. The predicted octanol–water partition coefficient (Wildman–Crippen LogP) is 4.11. The largest absolute Gasteiger partial charge is 0.388 e. The maximum absolute atomic E-state index is 10.9. The molecule has 0 saturated heterocycles. The third-order valence-electron chi connectivity index (χ3n) is 4.11. The molecule has 1 saturated carbocycles. The van der Waals surface area contributed by atoms with Crippen LogP contribution in [-0.4, -0.2) is 15.5 Å². The molecule has 1 aliphatic carbocycles. The van der Waals surface area contributed by atoms with Crippen molar-refractivity contribution in [1.82, 2.24) is 0 Å². The van der Waals surface area contributed by atoms with Gasteiger partial charge in [0.25, 0.3) is 0 Å². The number of benzene rings is 1. The summed E-state index contributed by atoms with van der Waals surface area (Å²) < 4.78 is 0.00655. The quantitative estimate of drug-likeness (QED) is 0.871. The van der Waals surface area contributed by atoms with Crippen LogP contribution < -0.4 is 0 Å². The molecule has 1 fully saturated rings. The summed E-state index contributed by atoms with van der Waals surface area (Å²) in [5, 5.41) is 10.9. The maximum Gasteiger partial charge on any atom is 0.0817 e. The molecule has 1 aliphatic rings. The third kappa shape index (κ3) is 2.25. The van der Waals surface area contributed by atoms with Gasteiger partial charge in [-0.15, -0.1) is 11.8 Å². The van der Waals surface area contributed by atoms with Crippen LogP contribution in [-0.2, 0) is 0 Å². The van der Waals surface area contributed by atoms with Crippen molar-refractivity contribution in [3.8, 4) is 0 Å². The molecule has 1 aromatic carbocycles. The van der Waals surface area contributed by atoms with Gasteiger partial charge in [0, 0.05) is 9.64 Å². The maximum atomic E-state index is 10.9. The van der Waals surface area contributed by atoms with Crippen LogP contribution in [0.1, 0.15) is 40.5 Å². The molecule has 1 N–H and O–H groups in total. The van der Waals surface area contributed by atoms with Gasteiger partial charge in [-0.25, -0.2) is 0 Å². The molecule has 0 aliphatic heterocycles. The molecule has 0 heterocycles. The SMILES string of the molecule is CC(C)(C)C(C)(O)C1(Sc2ccccc2)CC1. The lowest BCUT2D eigenvalue weighted by Gasteiger charge is -2.43. The number of hydrogen-bond donors (Lipinski definition) is 1. The highest BCUT2D eigenvalue weighted by atomic mass is 32.2. The fourth-order valence-electron chi connectivity index (χ4n) is 2.20. The van der Waals surface area contributed by atoms with Crippen LogP contribution in [0.2, 0.25) is 0 Å². The molecule has 1 unspecified atom stereocenters. The lowest BCUT2D eigenvalue weighted by Crippen LogP contribution is -2.50. The van der Waals surface area contributed by atoms with Gasteiger partial charge < -0.3 is 5.11 Å². The molecular formula is C15H22OS. The number of rotatable bonds is 3. The highest BCUT2D eigenvalue weighted by Crippen LogP contribution is 2.62. The Kier molecular flexibility index (Phi) is 3.07. The predicted molar refractivity (Wildman–Crippen MR) is 74.3 cm³/mol. The molecule has 0 spiro atoms. The molecular weight excluding hydrogens is 228 g/mol. The molecule has 0 amide bonds. The summed E-state index contributed by atoms with van der Waals surface area (Å²) in [6.45, 7) is 8.37. The van der Waals surface area contributed by atoms with Gasteiger partial charge >= 0.3 is 0 Å². The summed E-state index contributed by atoms with van der Waals surface area (Å²) in [5.41, 5.74) is -0.730. The van der Waals surface area contributed by atoms with Crippen LogP contribution in [0.15, 0.2) is 35.2 Å². The van der Waals surface area contributed by atoms with Crippen molar-refractivity contribution in [3.05, 3.63) is 30.3 Å². The molecule has 1 atom stereocenters. The Balaban J connectivity index is 2.21. The summed E-state index contributed by atoms with van der Waals surface area (Å²) in [6.07, 6.45) is 2.22. The highest BCUT2D eigenvalue weighted by molar-refractivity contribution is 8.01. The van der Waals surface area contributed by atoms with E-state index in [-0.39, 0.29) is 10.2 Å². The van der Waals surface area contributed by atoms with Gasteiger partial charge in [-0.1, -0.05) is 39.0 Å². The second-order valence-electron chi connectivity index (χ2n) is 6.23. The van der Waals surface area contributed by atoms with Gasteiger partial charge in [-0.05, 0) is 37.3 Å². The van der Waals surface area contributed by atoms with Gasteiger partial charge in [0.1, 0.15) is 0 Å². The number of aliphatic hydroxyl groups is 1. The second kappa shape index (κ2) is 4.03. The first-order valence-electron chi connectivity index (χ1n) is 6.25. The Morgan fingerprint density at radius 1 is 1.06 bits per heavy atom. The molecule has 1 aromatic rings. The monoisotopic (exact) mass is 250 g/mol. The summed E-state index contributed by atoms with van der Waals surface area (Å²) in [4.78, 5) is 1.26. The molecule has 0 bridgehead atoms. The summed E-state index contributed by atoms with van der Waals surface area (Å²) in [6, 6.07) is 10.4. The van der Waals surface area contributed by atoms with E-state index < -0.39 is 5.60 Å². The van der Waals surface area contributed by atoms with Crippen LogP contribution in [0.25, 0.3) is 0 Å². The number of hydrogen-bond acceptors (Lipinski definition) is 2. The zero-order chi connectivity index (χ0) is 12.7. The van der Waals surface area contributed by atoms with E-state index in [2.05, 4.69) is 45.0 Å². The Morgan fingerprint density at radius 3 is 2.00 bits per heavy atom. The average Bonchev–Trinajstić information content (AvgIpc) is 2.99. The highest BCUT2D eigenvalue weighted by Gasteiger charge is 2.61. The summed E-state index contributed by atoms with van der Waals surface area (Å²) in [7, 11) is 0. The van der Waals surface area contributed by atoms with Gasteiger partial charge in [0.05, 0.1) is 5.60 Å².